The van der Waals surface area contributed by atoms with Gasteiger partial charge >= 0.3 is 12.2 Å². The number of rotatable bonds is 2. The number of benzene rings is 1. The largest absolute Gasteiger partial charge is 0.416 e. The molecule has 0 aliphatic rings. The monoisotopic (exact) mass is 416 g/mol. The third-order valence-electron chi connectivity index (χ3n) is 3.54. The first-order valence-electron chi connectivity index (χ1n) is 8.20. The summed E-state index contributed by atoms with van der Waals surface area (Å²) in [6.45, 7) is 0. The lowest BCUT2D eigenvalue weighted by atomic mass is 10.2. The number of pyridine rings is 1. The number of alkyl halides is 3. The van der Waals surface area contributed by atoms with Crippen LogP contribution in [0.3, 0.4) is 0 Å². The van der Waals surface area contributed by atoms with Crippen molar-refractivity contribution < 1.29 is 22.4 Å². The third-order valence-corrected chi connectivity index (χ3v) is 3.54. The average molecular weight is 416 g/mol. The number of halogens is 4. The molecule has 0 atom stereocenters. The molecule has 0 unspecified atom stereocenters. The van der Waals surface area contributed by atoms with Crippen LogP contribution in [0.25, 0.3) is 0 Å². The maximum Gasteiger partial charge on any atom is 0.416 e. The Morgan fingerprint density at radius 2 is 1.80 bits per heavy atom. The molecule has 0 fully saturated rings. The van der Waals surface area contributed by atoms with Gasteiger partial charge in [-0.05, 0) is 30.2 Å². The minimum absolute atomic E-state index is 0.190. The van der Waals surface area contributed by atoms with Crippen molar-refractivity contribution >= 4 is 23.2 Å². The van der Waals surface area contributed by atoms with Gasteiger partial charge in [0.25, 0.3) is 0 Å². The van der Waals surface area contributed by atoms with Gasteiger partial charge in [-0.2, -0.15) is 13.2 Å². The van der Waals surface area contributed by atoms with Crippen LogP contribution in [0.4, 0.5) is 39.5 Å². The number of amides is 2. The smallest absolute Gasteiger partial charge is 0.382 e. The molecule has 0 spiro atoms. The van der Waals surface area contributed by atoms with Crippen molar-refractivity contribution in [3.63, 3.8) is 0 Å². The Balaban J connectivity index is 1.71. The number of nitrogens with one attached hydrogen (secondary N) is 2. The fourth-order valence-electron chi connectivity index (χ4n) is 2.20. The predicted octanol–water partition coefficient (Wildman–Crippen LogP) is 3.66. The van der Waals surface area contributed by atoms with E-state index in [1.54, 1.807) is 0 Å². The molecule has 2 heterocycles. The molecule has 0 saturated carbocycles. The summed E-state index contributed by atoms with van der Waals surface area (Å²) in [5.74, 6) is 4.73. The van der Waals surface area contributed by atoms with Gasteiger partial charge in [-0.25, -0.2) is 19.2 Å². The molecule has 0 aliphatic heterocycles. The molecule has 4 N–H and O–H groups in total. The van der Waals surface area contributed by atoms with E-state index in [1.165, 1.54) is 30.9 Å². The van der Waals surface area contributed by atoms with Gasteiger partial charge < -0.3 is 16.4 Å². The lowest BCUT2D eigenvalue weighted by Gasteiger charge is -2.11. The highest BCUT2D eigenvalue weighted by atomic mass is 19.4. The third kappa shape index (κ3) is 5.41. The van der Waals surface area contributed by atoms with Crippen LogP contribution in [0, 0.1) is 17.7 Å². The molecule has 0 radical (unpaired) electrons. The Kier molecular flexibility index (Phi) is 5.78. The van der Waals surface area contributed by atoms with Gasteiger partial charge in [0.15, 0.2) is 0 Å². The molecule has 0 aliphatic carbocycles. The second-order valence-electron chi connectivity index (χ2n) is 5.81. The first kappa shape index (κ1) is 20.5. The number of nitrogens with two attached hydrogens (primary N) is 1. The summed E-state index contributed by atoms with van der Waals surface area (Å²) in [7, 11) is 0. The van der Waals surface area contributed by atoms with Gasteiger partial charge in [0.1, 0.15) is 17.3 Å². The lowest BCUT2D eigenvalue weighted by Crippen LogP contribution is -2.20. The summed E-state index contributed by atoms with van der Waals surface area (Å²) in [6.07, 6.45) is 0.766. The summed E-state index contributed by atoms with van der Waals surface area (Å²) >= 11 is 0. The first-order valence-corrected chi connectivity index (χ1v) is 8.20. The van der Waals surface area contributed by atoms with Crippen molar-refractivity contribution in [1.29, 1.82) is 0 Å². The molecule has 3 aromatic rings. The van der Waals surface area contributed by atoms with Crippen LogP contribution in [0.2, 0.25) is 0 Å². The van der Waals surface area contributed by atoms with E-state index >= 15 is 0 Å². The Labute approximate surface area is 167 Å². The Bertz CT molecular complexity index is 1140. The van der Waals surface area contributed by atoms with Gasteiger partial charge in [-0.1, -0.05) is 5.92 Å². The van der Waals surface area contributed by atoms with E-state index < -0.39 is 29.3 Å². The van der Waals surface area contributed by atoms with Gasteiger partial charge in [-0.15, -0.1) is 0 Å². The topological polar surface area (TPSA) is 106 Å². The quantitative estimate of drug-likeness (QED) is 0.437. The van der Waals surface area contributed by atoms with Crippen molar-refractivity contribution in [2.24, 2.45) is 0 Å². The molecule has 30 heavy (non-hydrogen) atoms. The SMILES string of the molecule is Nc1cnc(C#Cc2cncc(NC(=O)Nc3cc(C(F)(F)F)ccc3F)c2)cn1. The van der Waals surface area contributed by atoms with E-state index in [0.717, 1.165) is 0 Å². The number of carbonyl (C=O) groups excluding carboxylic acids is 1. The van der Waals surface area contributed by atoms with Crippen LogP contribution in [-0.4, -0.2) is 21.0 Å². The van der Waals surface area contributed by atoms with Crippen molar-refractivity contribution in [3.8, 4) is 11.8 Å². The lowest BCUT2D eigenvalue weighted by molar-refractivity contribution is -0.137. The zero-order valence-corrected chi connectivity index (χ0v) is 15.0. The summed E-state index contributed by atoms with van der Waals surface area (Å²) in [6, 6.07) is 2.21. The summed E-state index contributed by atoms with van der Waals surface area (Å²) in [5.41, 5.74) is 4.69. The van der Waals surface area contributed by atoms with Crippen molar-refractivity contribution in [2.45, 2.75) is 6.18 Å². The maximum absolute atomic E-state index is 13.7. The summed E-state index contributed by atoms with van der Waals surface area (Å²) in [4.78, 5) is 23.8. The number of nitrogen functional groups attached to an aromatic ring is 1. The normalized spacial score (nSPS) is 10.7. The molecule has 0 bridgehead atoms. The second-order valence-corrected chi connectivity index (χ2v) is 5.81. The molecule has 7 nitrogen and oxygen atoms in total. The van der Waals surface area contributed by atoms with E-state index in [0.29, 0.717) is 29.5 Å². The average Bonchev–Trinajstić information content (AvgIpc) is 2.68. The van der Waals surface area contributed by atoms with Gasteiger partial charge in [-0.3, -0.25) is 4.98 Å². The van der Waals surface area contributed by atoms with Gasteiger partial charge in [0.05, 0.1) is 35.5 Å². The van der Waals surface area contributed by atoms with E-state index in [2.05, 4.69) is 32.1 Å². The second kappa shape index (κ2) is 8.44. The van der Waals surface area contributed by atoms with Crippen LogP contribution in [0.5, 0.6) is 0 Å². The molecule has 2 amide bonds. The number of hydrogen-bond donors (Lipinski definition) is 3. The van der Waals surface area contributed by atoms with Gasteiger partial charge in [0, 0.05) is 11.8 Å². The number of urea groups is 1. The fourth-order valence-corrected chi connectivity index (χ4v) is 2.20. The van der Waals surface area contributed by atoms with Crippen molar-refractivity contribution in [2.75, 3.05) is 16.4 Å². The van der Waals surface area contributed by atoms with Crippen LogP contribution < -0.4 is 16.4 Å². The first-order chi connectivity index (χ1) is 14.2. The Morgan fingerprint density at radius 1 is 1.00 bits per heavy atom. The fraction of sp³-hybridized carbons (Fsp3) is 0.0526. The van der Waals surface area contributed by atoms with Crippen molar-refractivity contribution in [3.05, 3.63) is 71.7 Å². The number of anilines is 3. The molecular formula is C19H12F4N6O. The maximum atomic E-state index is 13.7. The van der Waals surface area contributed by atoms with E-state index in [-0.39, 0.29) is 11.5 Å². The highest BCUT2D eigenvalue weighted by Crippen LogP contribution is 2.31. The van der Waals surface area contributed by atoms with Gasteiger partial charge in [0.2, 0.25) is 0 Å². The Morgan fingerprint density at radius 3 is 2.50 bits per heavy atom. The van der Waals surface area contributed by atoms with Crippen LogP contribution in [-0.2, 0) is 6.18 Å². The minimum atomic E-state index is -4.67. The zero-order valence-electron chi connectivity index (χ0n) is 15.0. The van der Waals surface area contributed by atoms with Crippen molar-refractivity contribution in [1.82, 2.24) is 15.0 Å². The number of hydrogen-bond acceptors (Lipinski definition) is 5. The van der Waals surface area contributed by atoms with E-state index in [1.807, 2.05) is 5.32 Å². The molecule has 1 aromatic carbocycles. The number of carbonyl (C=O) groups is 1. The van der Waals surface area contributed by atoms with E-state index in [4.69, 9.17) is 5.73 Å². The predicted molar refractivity (Wildman–Crippen MR) is 101 cm³/mol. The minimum Gasteiger partial charge on any atom is -0.382 e. The molecule has 3 rings (SSSR count). The Hall–Kier alpha value is -4.20. The highest BCUT2D eigenvalue weighted by Gasteiger charge is 2.31. The molecular weight excluding hydrogens is 404 g/mol. The van der Waals surface area contributed by atoms with E-state index in [9.17, 15) is 22.4 Å². The summed E-state index contributed by atoms with van der Waals surface area (Å²) in [5, 5.41) is 4.38. The standard InChI is InChI=1S/C19H12F4N6O/c20-15-4-2-12(19(21,22)23)6-16(15)29-18(30)28-14-5-11(7-25-8-14)1-3-13-9-27-17(24)10-26-13/h2,4-10H,(H2,24,27)(H2,28,29,30). The van der Waals surface area contributed by atoms with Crippen LogP contribution in [0.1, 0.15) is 16.8 Å². The number of nitrogens with zero attached hydrogens (tertiary/aromatic N) is 3. The molecule has 2 aromatic heterocycles. The van der Waals surface area contributed by atoms with Crippen LogP contribution >= 0.6 is 0 Å². The number of aromatic nitrogens is 3. The molecule has 152 valence electrons. The highest BCUT2D eigenvalue weighted by molar-refractivity contribution is 5.99. The molecule has 11 heteroatoms. The van der Waals surface area contributed by atoms with Crippen LogP contribution in [0.15, 0.2) is 49.1 Å². The molecule has 0 saturated heterocycles. The zero-order chi connectivity index (χ0) is 21.7. The summed E-state index contributed by atoms with van der Waals surface area (Å²) < 4.78 is 52.0.